The smallest absolute Gasteiger partial charge is 0.341 e. The van der Waals surface area contributed by atoms with E-state index in [0.717, 1.165) is 12.3 Å². The number of pyridine rings is 3. The zero-order valence-corrected chi connectivity index (χ0v) is 23.2. The molecule has 14 heteroatoms. The van der Waals surface area contributed by atoms with Crippen molar-refractivity contribution in [3.63, 3.8) is 0 Å². The molecule has 2 unspecified atom stereocenters. The molecule has 218 valence electrons. The predicted octanol–water partition coefficient (Wildman–Crippen LogP) is 2.40. The molecule has 0 spiro atoms. The third-order valence-corrected chi connectivity index (χ3v) is 7.90. The summed E-state index contributed by atoms with van der Waals surface area (Å²) in [6.07, 6.45) is 3.46. The number of aromatic carboxylic acids is 1. The first-order chi connectivity index (χ1) is 20.0. The molecule has 2 atom stereocenters. The van der Waals surface area contributed by atoms with Gasteiger partial charge in [-0.3, -0.25) is 4.79 Å². The number of nitrogens with zero attached hydrogens (tertiary/aromatic N) is 5. The Balaban J connectivity index is 1.71. The van der Waals surface area contributed by atoms with Crippen LogP contribution in [0, 0.1) is 11.6 Å². The van der Waals surface area contributed by atoms with Gasteiger partial charge in [0.15, 0.2) is 17.3 Å². The summed E-state index contributed by atoms with van der Waals surface area (Å²) >= 11 is 0. The Morgan fingerprint density at radius 3 is 2.55 bits per heavy atom. The minimum Gasteiger partial charge on any atom is -0.477 e. The summed E-state index contributed by atoms with van der Waals surface area (Å²) < 4.78 is 31.8. The number of hydrogen-bond acceptors (Lipinski definition) is 9. The minimum absolute atomic E-state index is 0.0130. The molecule has 1 aliphatic heterocycles. The highest BCUT2D eigenvalue weighted by atomic mass is 19.2. The second kappa shape index (κ2) is 9.92. The van der Waals surface area contributed by atoms with E-state index in [4.69, 9.17) is 0 Å². The highest BCUT2D eigenvalue weighted by molar-refractivity contribution is 6.18. The van der Waals surface area contributed by atoms with Crippen molar-refractivity contribution in [2.24, 2.45) is 0 Å². The molecule has 5 N–H and O–H groups in total. The van der Waals surface area contributed by atoms with Gasteiger partial charge in [0.25, 0.3) is 0 Å². The molecule has 4 aromatic heterocycles. The van der Waals surface area contributed by atoms with Crippen molar-refractivity contribution >= 4 is 50.3 Å². The van der Waals surface area contributed by atoms with E-state index in [9.17, 15) is 24.2 Å². The van der Waals surface area contributed by atoms with E-state index in [1.165, 1.54) is 23.1 Å². The van der Waals surface area contributed by atoms with Crippen LogP contribution >= 0.6 is 0 Å². The second-order valence-corrected chi connectivity index (χ2v) is 10.5. The Bertz CT molecular complexity index is 1970. The zero-order chi connectivity index (χ0) is 30.0. The Labute approximate surface area is 237 Å². The van der Waals surface area contributed by atoms with Crippen LogP contribution in [0.15, 0.2) is 35.5 Å². The molecule has 1 aliphatic rings. The van der Waals surface area contributed by atoms with Crippen LogP contribution < -0.4 is 21.1 Å². The highest BCUT2D eigenvalue weighted by Gasteiger charge is 2.36. The van der Waals surface area contributed by atoms with Crippen LogP contribution in [-0.2, 0) is 0 Å². The van der Waals surface area contributed by atoms with Crippen molar-refractivity contribution in [3.05, 3.63) is 58.1 Å². The number of hydrogen-bond donors (Lipinski definition) is 5. The van der Waals surface area contributed by atoms with E-state index in [0.29, 0.717) is 45.6 Å². The number of aromatic nitrogens is 4. The molecule has 0 radical (unpaired) electrons. The van der Waals surface area contributed by atoms with E-state index in [1.807, 2.05) is 23.9 Å². The van der Waals surface area contributed by atoms with Crippen LogP contribution in [0.5, 0.6) is 0 Å². The highest BCUT2D eigenvalue weighted by Crippen LogP contribution is 2.44. The number of aromatic amines is 1. The Kier molecular flexibility index (Phi) is 6.46. The monoisotopic (exact) mass is 578 g/mol. The maximum absolute atomic E-state index is 15.6. The van der Waals surface area contributed by atoms with Crippen molar-refractivity contribution in [2.75, 3.05) is 56.9 Å². The quantitative estimate of drug-likeness (QED) is 0.203. The number of β-amino-alcohol motifs (C(OH)–C–C–N with tert-alkyl or cyclic N) is 1. The van der Waals surface area contributed by atoms with Crippen LogP contribution in [-0.4, -0.2) is 94.1 Å². The van der Waals surface area contributed by atoms with E-state index in [1.54, 1.807) is 14.1 Å². The van der Waals surface area contributed by atoms with E-state index < -0.39 is 34.7 Å². The van der Waals surface area contributed by atoms with Gasteiger partial charge in [0, 0.05) is 63.0 Å². The first kappa shape index (κ1) is 27.4. The Morgan fingerprint density at radius 1 is 1.14 bits per heavy atom. The first-order valence-electron chi connectivity index (χ1n) is 13.1. The van der Waals surface area contributed by atoms with Crippen molar-refractivity contribution in [3.8, 4) is 11.1 Å². The van der Waals surface area contributed by atoms with E-state index in [-0.39, 0.29) is 29.0 Å². The standard InChI is InChI=1S/C28H28F2N8O4/c1-31-17-6-16(29)22(30)20-21-24(37-10-18(36(3)4)19(39)11-37)14(8-33-26(21)35-23(17)20)12-5-13-25(40)15(28(41)42)9-38(32-2)27(13)34-7-12/h5-9,18-19,31-32,39H,10-11H2,1-4H3,(H,33,35)(H,41,42). The molecule has 1 aromatic carbocycles. The van der Waals surface area contributed by atoms with Gasteiger partial charge in [-0.1, -0.05) is 0 Å². The maximum Gasteiger partial charge on any atom is 0.341 e. The average Bonchev–Trinajstić information content (AvgIpc) is 3.55. The number of H-pyrrole nitrogens is 1. The number of nitrogens with one attached hydrogen (secondary N) is 3. The van der Waals surface area contributed by atoms with Crippen LogP contribution in [0.25, 0.3) is 44.1 Å². The summed E-state index contributed by atoms with van der Waals surface area (Å²) in [5, 5.41) is 23.7. The number of rotatable bonds is 6. The molecule has 1 saturated heterocycles. The third-order valence-electron chi connectivity index (χ3n) is 7.90. The van der Waals surface area contributed by atoms with Gasteiger partial charge in [0.2, 0.25) is 5.43 Å². The normalized spacial score (nSPS) is 17.2. The molecular weight excluding hydrogens is 550 g/mol. The number of aliphatic hydroxyl groups is 1. The molecule has 0 aliphatic carbocycles. The number of likely N-dealkylation sites (N-methyl/N-ethyl adjacent to an activating group) is 1. The number of carbonyl (C=O) groups is 1. The van der Waals surface area contributed by atoms with Gasteiger partial charge in [-0.05, 0) is 20.2 Å². The topological polar surface area (TPSA) is 152 Å². The Morgan fingerprint density at radius 2 is 1.90 bits per heavy atom. The number of aliphatic hydroxyl groups excluding tert-OH is 1. The summed E-state index contributed by atoms with van der Waals surface area (Å²) in [7, 11) is 6.85. The molecule has 42 heavy (non-hydrogen) atoms. The number of anilines is 2. The molecule has 12 nitrogen and oxygen atoms in total. The fraction of sp³-hybridized carbons (Fsp3) is 0.286. The van der Waals surface area contributed by atoms with Crippen LogP contribution in [0.1, 0.15) is 10.4 Å². The van der Waals surface area contributed by atoms with Gasteiger partial charge >= 0.3 is 5.97 Å². The van der Waals surface area contributed by atoms with Crippen molar-refractivity contribution in [2.45, 2.75) is 12.1 Å². The van der Waals surface area contributed by atoms with Crippen LogP contribution in [0.3, 0.4) is 0 Å². The second-order valence-electron chi connectivity index (χ2n) is 10.5. The SMILES string of the molecule is CNc1cc(F)c(F)c2c1[nH]c1ncc(-c3cnc4c(c3)c(=O)c(C(=O)O)cn4NC)c(N3CC(O)C(N(C)C)C3)c12. The summed E-state index contributed by atoms with van der Waals surface area (Å²) in [5.41, 5.74) is 4.09. The maximum atomic E-state index is 15.6. The van der Waals surface area contributed by atoms with Crippen LogP contribution in [0.4, 0.5) is 20.2 Å². The fourth-order valence-corrected chi connectivity index (χ4v) is 5.82. The lowest BCUT2D eigenvalue weighted by atomic mass is 10.0. The molecule has 0 saturated carbocycles. The fourth-order valence-electron chi connectivity index (χ4n) is 5.82. The number of benzene rings is 1. The lowest BCUT2D eigenvalue weighted by Gasteiger charge is -2.25. The van der Waals surface area contributed by atoms with Crippen LogP contribution in [0.2, 0.25) is 0 Å². The first-order valence-corrected chi connectivity index (χ1v) is 13.1. The number of carboxylic acid groups (broad SMARTS) is 1. The minimum atomic E-state index is -1.39. The van der Waals surface area contributed by atoms with Crippen molar-refractivity contribution < 1.29 is 23.8 Å². The number of carboxylic acids is 1. The lowest BCUT2D eigenvalue weighted by Crippen LogP contribution is -2.38. The average molecular weight is 579 g/mol. The number of halogens is 2. The zero-order valence-electron chi connectivity index (χ0n) is 23.2. The van der Waals surface area contributed by atoms with Gasteiger partial charge in [-0.25, -0.2) is 28.2 Å². The summed E-state index contributed by atoms with van der Waals surface area (Å²) in [6, 6.07) is 2.32. The van der Waals surface area contributed by atoms with E-state index >= 15 is 4.39 Å². The molecule has 0 bridgehead atoms. The lowest BCUT2D eigenvalue weighted by molar-refractivity contribution is 0.0695. The molecule has 0 amide bonds. The molecule has 1 fully saturated rings. The summed E-state index contributed by atoms with van der Waals surface area (Å²) in [4.78, 5) is 40.9. The molecule has 6 rings (SSSR count). The third kappa shape index (κ3) is 4.01. The molecular formula is C28H28F2N8O4. The molecule has 5 heterocycles. The van der Waals surface area contributed by atoms with Gasteiger partial charge in [-0.15, -0.1) is 0 Å². The van der Waals surface area contributed by atoms with Crippen molar-refractivity contribution in [1.29, 1.82) is 0 Å². The predicted molar refractivity (Wildman–Crippen MR) is 156 cm³/mol. The van der Waals surface area contributed by atoms with Gasteiger partial charge < -0.3 is 35.7 Å². The summed E-state index contributed by atoms with van der Waals surface area (Å²) in [5.74, 6) is -3.49. The van der Waals surface area contributed by atoms with E-state index in [2.05, 4.69) is 25.7 Å². The van der Waals surface area contributed by atoms with Crippen molar-refractivity contribution in [1.82, 2.24) is 24.5 Å². The largest absolute Gasteiger partial charge is 0.477 e. The van der Waals surface area contributed by atoms with Gasteiger partial charge in [0.1, 0.15) is 11.2 Å². The molecule has 5 aromatic rings. The van der Waals surface area contributed by atoms with Gasteiger partial charge in [-0.2, -0.15) is 0 Å². The summed E-state index contributed by atoms with van der Waals surface area (Å²) in [6.45, 7) is 0.549. The number of fused-ring (bicyclic) bond motifs is 4. The Hall–Kier alpha value is -4.82. The van der Waals surface area contributed by atoms with Gasteiger partial charge in [0.05, 0.1) is 45.2 Å².